The maximum atomic E-state index is 11.7. The van der Waals surface area contributed by atoms with E-state index in [2.05, 4.69) is 0 Å². The molecule has 0 amide bonds. The van der Waals surface area contributed by atoms with Crippen LogP contribution in [-0.4, -0.2) is 30.5 Å². The van der Waals surface area contributed by atoms with Crippen molar-refractivity contribution in [3.63, 3.8) is 0 Å². The van der Waals surface area contributed by atoms with E-state index in [0.717, 1.165) is 22.7 Å². The second-order valence-electron chi connectivity index (χ2n) is 7.02. The third-order valence-corrected chi connectivity index (χ3v) is 5.63. The average molecular weight is 388 g/mol. The molecule has 0 aliphatic heterocycles. The second kappa shape index (κ2) is 7.46. The van der Waals surface area contributed by atoms with Crippen LogP contribution in [0.3, 0.4) is 0 Å². The highest BCUT2D eigenvalue weighted by Gasteiger charge is 2.40. The number of aliphatic hydroxyl groups is 1. The van der Waals surface area contributed by atoms with Crippen molar-refractivity contribution in [2.24, 2.45) is 7.05 Å². The first kappa shape index (κ1) is 19.6. The van der Waals surface area contributed by atoms with Crippen LogP contribution < -0.4 is 0 Å². The predicted molar refractivity (Wildman–Crippen MR) is 107 cm³/mol. The molecule has 0 radical (unpaired) electrons. The normalized spacial score (nSPS) is 15.6. The van der Waals surface area contributed by atoms with E-state index in [1.165, 1.54) is 0 Å². The maximum absolute atomic E-state index is 11.7. The zero-order chi connectivity index (χ0) is 19.7. The van der Waals surface area contributed by atoms with Gasteiger partial charge in [-0.2, -0.15) is 8.42 Å². The highest BCUT2D eigenvalue weighted by Crippen LogP contribution is 2.38. The van der Waals surface area contributed by atoms with Gasteiger partial charge in [0.2, 0.25) is 0 Å². The van der Waals surface area contributed by atoms with Crippen molar-refractivity contribution in [1.29, 1.82) is 0 Å². The summed E-state index contributed by atoms with van der Waals surface area (Å²) in [5.41, 5.74) is 1.26. The molecular formula is C21H25NO4S. The maximum Gasteiger partial charge on any atom is 0.264 e. The summed E-state index contributed by atoms with van der Waals surface area (Å²) in [6.45, 7) is 1.60. The number of hydrogen-bond donors (Lipinski definition) is 1. The Balaban J connectivity index is 2.05. The van der Waals surface area contributed by atoms with Gasteiger partial charge in [0.25, 0.3) is 10.1 Å². The molecule has 0 fully saturated rings. The van der Waals surface area contributed by atoms with Crippen LogP contribution in [0.2, 0.25) is 0 Å². The Hall–Kier alpha value is -2.15. The van der Waals surface area contributed by atoms with Crippen molar-refractivity contribution in [2.45, 2.75) is 31.5 Å². The molecule has 1 heterocycles. The molecule has 2 aromatic carbocycles. The van der Waals surface area contributed by atoms with E-state index in [4.69, 9.17) is 4.18 Å². The number of hydrogen-bond acceptors (Lipinski definition) is 4. The van der Waals surface area contributed by atoms with Gasteiger partial charge in [-0.15, -0.1) is 0 Å². The summed E-state index contributed by atoms with van der Waals surface area (Å²) in [6, 6.07) is 17.6. The lowest BCUT2D eigenvalue weighted by Gasteiger charge is -2.33. The number of benzene rings is 2. The van der Waals surface area contributed by atoms with Crippen molar-refractivity contribution in [1.82, 2.24) is 4.57 Å². The summed E-state index contributed by atoms with van der Waals surface area (Å²) in [5, 5.41) is 12.6. The van der Waals surface area contributed by atoms with Crippen molar-refractivity contribution in [3.8, 4) is 0 Å². The number of rotatable bonds is 7. The molecule has 1 aromatic heterocycles. The van der Waals surface area contributed by atoms with Crippen molar-refractivity contribution >= 4 is 21.0 Å². The molecule has 0 spiro atoms. The van der Waals surface area contributed by atoms with Crippen LogP contribution in [0.1, 0.15) is 24.5 Å². The van der Waals surface area contributed by atoms with Gasteiger partial charge in [-0.05, 0) is 31.4 Å². The van der Waals surface area contributed by atoms with Gasteiger partial charge in [-0.25, -0.2) is 0 Å². The summed E-state index contributed by atoms with van der Waals surface area (Å²) >= 11 is 0. The molecule has 2 atom stereocenters. The molecule has 3 aromatic rings. The Morgan fingerprint density at radius 2 is 1.74 bits per heavy atom. The minimum absolute atomic E-state index is 0.335. The van der Waals surface area contributed by atoms with Gasteiger partial charge < -0.3 is 9.67 Å². The van der Waals surface area contributed by atoms with Gasteiger partial charge in [0.1, 0.15) is 11.7 Å². The molecule has 3 rings (SSSR count). The molecule has 1 unspecified atom stereocenters. The average Bonchev–Trinajstić information content (AvgIpc) is 2.97. The molecule has 0 aliphatic rings. The molecule has 5 nitrogen and oxygen atoms in total. The molecular weight excluding hydrogens is 362 g/mol. The van der Waals surface area contributed by atoms with E-state index in [1.54, 1.807) is 6.92 Å². The Morgan fingerprint density at radius 3 is 2.41 bits per heavy atom. The molecule has 144 valence electrons. The molecule has 27 heavy (non-hydrogen) atoms. The van der Waals surface area contributed by atoms with Gasteiger partial charge in [0.05, 0.1) is 6.26 Å². The lowest BCUT2D eigenvalue weighted by Crippen LogP contribution is -2.41. The first-order chi connectivity index (χ1) is 12.7. The first-order valence-electron chi connectivity index (χ1n) is 8.90. The summed E-state index contributed by atoms with van der Waals surface area (Å²) in [4.78, 5) is 0. The minimum atomic E-state index is -3.71. The lowest BCUT2D eigenvalue weighted by atomic mass is 9.83. The molecule has 0 saturated carbocycles. The molecule has 1 N–H and O–H groups in total. The summed E-state index contributed by atoms with van der Waals surface area (Å²) in [6.07, 6.45) is 2.86. The number of para-hydroxylation sites is 1. The fourth-order valence-electron chi connectivity index (χ4n) is 3.56. The standard InChI is InChI=1S/C21H25NO4S/c1-16(26-27(3,24)25)21(23,14-13-17-9-5-4-6-10-17)19-15-22(2)20-12-8-7-11-18(19)20/h4-12,15-16,23H,13-14H2,1-3H3/t16-,21?/m0/s1. The molecule has 6 heteroatoms. The van der Waals surface area contributed by atoms with Crippen molar-refractivity contribution in [3.05, 3.63) is 71.9 Å². The number of nitrogens with zero attached hydrogens (tertiary/aromatic N) is 1. The van der Waals surface area contributed by atoms with Crippen LogP contribution in [-0.2, 0) is 33.4 Å². The SMILES string of the molecule is C[C@H](OS(C)(=O)=O)C(O)(CCc1ccccc1)c1cn(C)c2ccccc12. The Bertz CT molecular complexity index is 1030. The third kappa shape index (κ3) is 4.24. The zero-order valence-corrected chi connectivity index (χ0v) is 16.6. The first-order valence-corrected chi connectivity index (χ1v) is 10.7. The predicted octanol–water partition coefficient (Wildman–Crippen LogP) is 3.36. The van der Waals surface area contributed by atoms with E-state index >= 15 is 0 Å². The van der Waals surface area contributed by atoms with Gasteiger partial charge in [-0.1, -0.05) is 48.5 Å². The van der Waals surface area contributed by atoms with Crippen LogP contribution in [0.15, 0.2) is 60.8 Å². The zero-order valence-electron chi connectivity index (χ0n) is 15.8. The number of aryl methyl sites for hydroxylation is 2. The van der Waals surface area contributed by atoms with Crippen molar-refractivity contribution < 1.29 is 17.7 Å². The quantitative estimate of drug-likeness (QED) is 0.631. The van der Waals surface area contributed by atoms with Crippen LogP contribution in [0.4, 0.5) is 0 Å². The van der Waals surface area contributed by atoms with E-state index in [-0.39, 0.29) is 0 Å². The monoisotopic (exact) mass is 387 g/mol. The molecule has 0 bridgehead atoms. The fraction of sp³-hybridized carbons (Fsp3) is 0.333. The smallest absolute Gasteiger partial charge is 0.264 e. The summed E-state index contributed by atoms with van der Waals surface area (Å²) < 4.78 is 30.6. The largest absolute Gasteiger partial charge is 0.382 e. The second-order valence-corrected chi connectivity index (χ2v) is 8.62. The minimum Gasteiger partial charge on any atom is -0.382 e. The van der Waals surface area contributed by atoms with Crippen LogP contribution in [0.5, 0.6) is 0 Å². The highest BCUT2D eigenvalue weighted by molar-refractivity contribution is 7.86. The van der Waals surface area contributed by atoms with E-state index in [9.17, 15) is 13.5 Å². The topological polar surface area (TPSA) is 68.5 Å². The Kier molecular flexibility index (Phi) is 5.42. The highest BCUT2D eigenvalue weighted by atomic mass is 32.2. The molecule has 0 aliphatic carbocycles. The van der Waals surface area contributed by atoms with Crippen LogP contribution >= 0.6 is 0 Å². The Morgan fingerprint density at radius 1 is 1.11 bits per heavy atom. The number of aromatic nitrogens is 1. The van der Waals surface area contributed by atoms with Gasteiger partial charge >= 0.3 is 0 Å². The van der Waals surface area contributed by atoms with Gasteiger partial charge in [-0.3, -0.25) is 4.18 Å². The summed E-state index contributed by atoms with van der Waals surface area (Å²) in [5.74, 6) is 0. The fourth-order valence-corrected chi connectivity index (χ4v) is 4.25. The van der Waals surface area contributed by atoms with Crippen molar-refractivity contribution in [2.75, 3.05) is 6.26 Å². The van der Waals surface area contributed by atoms with E-state index in [0.29, 0.717) is 18.4 Å². The van der Waals surface area contributed by atoms with Crippen LogP contribution in [0, 0.1) is 0 Å². The van der Waals surface area contributed by atoms with Gasteiger partial charge in [0.15, 0.2) is 0 Å². The lowest BCUT2D eigenvalue weighted by molar-refractivity contribution is -0.0614. The van der Waals surface area contributed by atoms with E-state index < -0.39 is 21.8 Å². The Labute approximate surface area is 160 Å². The number of fused-ring (bicyclic) bond motifs is 1. The van der Waals surface area contributed by atoms with Gasteiger partial charge in [0, 0.05) is 29.7 Å². The summed E-state index contributed by atoms with van der Waals surface area (Å²) in [7, 11) is -1.80. The third-order valence-electron chi connectivity index (χ3n) is 4.99. The van der Waals surface area contributed by atoms with E-state index in [1.807, 2.05) is 72.4 Å². The molecule has 0 saturated heterocycles. The van der Waals surface area contributed by atoms with Crippen LogP contribution in [0.25, 0.3) is 10.9 Å².